The van der Waals surface area contributed by atoms with Gasteiger partial charge in [-0.15, -0.1) is 0 Å². The van der Waals surface area contributed by atoms with Gasteiger partial charge in [-0.1, -0.05) is 29.8 Å². The highest BCUT2D eigenvalue weighted by Gasteiger charge is 2.30. The van der Waals surface area contributed by atoms with E-state index >= 15 is 0 Å². The molecule has 1 unspecified atom stereocenters. The lowest BCUT2D eigenvalue weighted by Crippen LogP contribution is -2.57. The highest BCUT2D eigenvalue weighted by molar-refractivity contribution is 5.79. The molecule has 0 radical (unpaired) electrons. The average molecular weight is 204 g/mol. The van der Waals surface area contributed by atoms with Crippen LogP contribution in [0.1, 0.15) is 18.1 Å². The highest BCUT2D eigenvalue weighted by atomic mass is 16.2. The second-order valence-electron chi connectivity index (χ2n) is 4.33. The summed E-state index contributed by atoms with van der Waals surface area (Å²) in [4.78, 5) is 11.1. The fraction of sp³-hybridized carbons (Fsp3) is 0.417. The Hall–Kier alpha value is -1.35. The van der Waals surface area contributed by atoms with Crippen LogP contribution in [0.4, 0.5) is 0 Å². The number of nitrogens with one attached hydrogen (secondary N) is 2. The highest BCUT2D eigenvalue weighted by Crippen LogP contribution is 2.21. The summed E-state index contributed by atoms with van der Waals surface area (Å²) >= 11 is 0. The molecule has 15 heavy (non-hydrogen) atoms. The lowest BCUT2D eigenvalue weighted by molar-refractivity contribution is -0.122. The molecule has 0 saturated carbocycles. The minimum Gasteiger partial charge on any atom is -0.353 e. The van der Waals surface area contributed by atoms with Crippen molar-refractivity contribution >= 4 is 5.91 Å². The fourth-order valence-electron chi connectivity index (χ4n) is 1.80. The minimum absolute atomic E-state index is 0.0691. The van der Waals surface area contributed by atoms with Crippen LogP contribution in [0.5, 0.6) is 0 Å². The molecule has 1 saturated heterocycles. The van der Waals surface area contributed by atoms with Crippen molar-refractivity contribution in [2.24, 2.45) is 0 Å². The first-order valence-electron chi connectivity index (χ1n) is 5.19. The summed E-state index contributed by atoms with van der Waals surface area (Å²) in [6.45, 7) is 5.22. The summed E-state index contributed by atoms with van der Waals surface area (Å²) in [5.41, 5.74) is 2.33. The lowest BCUT2D eigenvalue weighted by atomic mass is 9.90. The van der Waals surface area contributed by atoms with Gasteiger partial charge in [-0.25, -0.2) is 0 Å². The van der Waals surface area contributed by atoms with Gasteiger partial charge in [0.1, 0.15) is 0 Å². The largest absolute Gasteiger partial charge is 0.353 e. The Kier molecular flexibility index (Phi) is 2.49. The summed E-state index contributed by atoms with van der Waals surface area (Å²) < 4.78 is 0. The maximum absolute atomic E-state index is 11.1. The Bertz CT molecular complexity index is 360. The van der Waals surface area contributed by atoms with Gasteiger partial charge in [0.05, 0.1) is 12.1 Å². The predicted molar refractivity (Wildman–Crippen MR) is 59.5 cm³/mol. The molecular formula is C12H16N2O. The number of hydrogen-bond donors (Lipinski definition) is 2. The molecule has 0 bridgehead atoms. The van der Waals surface area contributed by atoms with Crippen molar-refractivity contribution in [1.82, 2.24) is 10.6 Å². The third kappa shape index (κ3) is 2.02. The topological polar surface area (TPSA) is 41.1 Å². The third-order valence-corrected chi connectivity index (χ3v) is 2.97. The number of amides is 1. The van der Waals surface area contributed by atoms with Crippen molar-refractivity contribution in [2.75, 3.05) is 13.1 Å². The van der Waals surface area contributed by atoms with Crippen molar-refractivity contribution in [3.63, 3.8) is 0 Å². The SMILES string of the molecule is Cc1ccc(C2(C)CNC(=O)CN2)cc1. The smallest absolute Gasteiger partial charge is 0.234 e. The Morgan fingerprint density at radius 1 is 1.27 bits per heavy atom. The van der Waals surface area contributed by atoms with Crippen molar-refractivity contribution < 1.29 is 4.79 Å². The summed E-state index contributed by atoms with van der Waals surface area (Å²) in [6, 6.07) is 8.41. The number of piperazine rings is 1. The van der Waals surface area contributed by atoms with Crippen LogP contribution < -0.4 is 10.6 Å². The number of benzene rings is 1. The van der Waals surface area contributed by atoms with Crippen LogP contribution in [0.2, 0.25) is 0 Å². The Balaban J connectivity index is 2.22. The Morgan fingerprint density at radius 3 is 2.47 bits per heavy atom. The molecule has 1 fully saturated rings. The van der Waals surface area contributed by atoms with Gasteiger partial charge < -0.3 is 5.32 Å². The zero-order valence-electron chi connectivity index (χ0n) is 9.13. The molecule has 1 aromatic rings. The fourth-order valence-corrected chi connectivity index (χ4v) is 1.80. The molecule has 1 atom stereocenters. The van der Waals surface area contributed by atoms with Crippen LogP contribution in [-0.2, 0) is 10.3 Å². The molecule has 0 aromatic heterocycles. The quantitative estimate of drug-likeness (QED) is 0.714. The number of rotatable bonds is 1. The molecule has 3 nitrogen and oxygen atoms in total. The molecule has 2 rings (SSSR count). The monoisotopic (exact) mass is 204 g/mol. The first-order valence-corrected chi connectivity index (χ1v) is 5.19. The molecule has 1 aromatic carbocycles. The summed E-state index contributed by atoms with van der Waals surface area (Å²) in [5.74, 6) is 0.0691. The van der Waals surface area contributed by atoms with Gasteiger partial charge in [0.25, 0.3) is 0 Å². The first-order chi connectivity index (χ1) is 7.10. The van der Waals surface area contributed by atoms with Gasteiger partial charge in [0.2, 0.25) is 5.91 Å². The standard InChI is InChI=1S/C12H16N2O/c1-9-3-5-10(6-4-9)12(2)8-13-11(15)7-14-12/h3-6,14H,7-8H2,1-2H3,(H,13,15). The molecule has 80 valence electrons. The van der Waals surface area contributed by atoms with E-state index < -0.39 is 0 Å². The zero-order chi connectivity index (χ0) is 10.9. The van der Waals surface area contributed by atoms with E-state index in [1.54, 1.807) is 0 Å². The van der Waals surface area contributed by atoms with Crippen molar-refractivity contribution in [1.29, 1.82) is 0 Å². The van der Waals surface area contributed by atoms with Crippen LogP contribution >= 0.6 is 0 Å². The number of carbonyl (C=O) groups is 1. The van der Waals surface area contributed by atoms with E-state index in [2.05, 4.69) is 48.7 Å². The van der Waals surface area contributed by atoms with E-state index in [-0.39, 0.29) is 11.4 Å². The van der Waals surface area contributed by atoms with Gasteiger partial charge in [-0.3, -0.25) is 10.1 Å². The molecular weight excluding hydrogens is 188 g/mol. The third-order valence-electron chi connectivity index (χ3n) is 2.97. The number of carbonyl (C=O) groups excluding carboxylic acids is 1. The van der Waals surface area contributed by atoms with Crippen LogP contribution in [0.25, 0.3) is 0 Å². The van der Waals surface area contributed by atoms with Crippen molar-refractivity contribution in [3.8, 4) is 0 Å². The van der Waals surface area contributed by atoms with Gasteiger partial charge in [-0.05, 0) is 19.4 Å². The normalized spacial score (nSPS) is 26.1. The summed E-state index contributed by atoms with van der Waals surface area (Å²) in [7, 11) is 0. The summed E-state index contributed by atoms with van der Waals surface area (Å²) in [6.07, 6.45) is 0. The molecule has 1 aliphatic rings. The van der Waals surface area contributed by atoms with Gasteiger partial charge in [0, 0.05) is 6.54 Å². The van der Waals surface area contributed by atoms with Crippen LogP contribution in [-0.4, -0.2) is 19.0 Å². The van der Waals surface area contributed by atoms with Gasteiger partial charge in [0.15, 0.2) is 0 Å². The van der Waals surface area contributed by atoms with E-state index in [9.17, 15) is 4.79 Å². The number of aryl methyl sites for hydroxylation is 1. The summed E-state index contributed by atoms with van der Waals surface area (Å²) in [5, 5.41) is 6.15. The van der Waals surface area contributed by atoms with Crippen LogP contribution in [0.15, 0.2) is 24.3 Å². The number of hydrogen-bond acceptors (Lipinski definition) is 2. The molecule has 1 aliphatic heterocycles. The molecule has 0 spiro atoms. The van der Waals surface area contributed by atoms with E-state index in [1.807, 2.05) is 0 Å². The van der Waals surface area contributed by atoms with Crippen molar-refractivity contribution in [2.45, 2.75) is 19.4 Å². The lowest BCUT2D eigenvalue weighted by Gasteiger charge is -2.35. The second kappa shape index (κ2) is 3.66. The maximum atomic E-state index is 11.1. The van der Waals surface area contributed by atoms with Crippen LogP contribution in [0, 0.1) is 6.92 Å². The minimum atomic E-state index is -0.137. The predicted octanol–water partition coefficient (Wildman–Crippen LogP) is 0.930. The Labute approximate surface area is 89.9 Å². The zero-order valence-corrected chi connectivity index (χ0v) is 9.13. The average Bonchev–Trinajstić information content (AvgIpc) is 2.24. The second-order valence-corrected chi connectivity index (χ2v) is 4.33. The molecule has 3 heteroatoms. The molecule has 1 amide bonds. The van der Waals surface area contributed by atoms with E-state index in [0.717, 1.165) is 0 Å². The molecule has 1 heterocycles. The van der Waals surface area contributed by atoms with E-state index in [4.69, 9.17) is 0 Å². The van der Waals surface area contributed by atoms with Crippen LogP contribution in [0.3, 0.4) is 0 Å². The van der Waals surface area contributed by atoms with Gasteiger partial charge >= 0.3 is 0 Å². The maximum Gasteiger partial charge on any atom is 0.234 e. The first kappa shape index (κ1) is 10.2. The van der Waals surface area contributed by atoms with E-state index in [0.29, 0.717) is 13.1 Å². The molecule has 2 N–H and O–H groups in total. The molecule has 0 aliphatic carbocycles. The van der Waals surface area contributed by atoms with Crippen molar-refractivity contribution in [3.05, 3.63) is 35.4 Å². The Morgan fingerprint density at radius 2 is 1.93 bits per heavy atom. The van der Waals surface area contributed by atoms with E-state index in [1.165, 1.54) is 11.1 Å². The van der Waals surface area contributed by atoms with Gasteiger partial charge in [-0.2, -0.15) is 0 Å².